The number of hydrogen-bond acceptors (Lipinski definition) is 1. The number of carbonyl (C=O) groups is 1. The van der Waals surface area contributed by atoms with Crippen molar-refractivity contribution in [3.63, 3.8) is 0 Å². The molecule has 0 aromatic heterocycles. The molecule has 0 fully saturated rings. The van der Waals surface area contributed by atoms with E-state index in [0.29, 0.717) is 6.42 Å². The molecule has 0 saturated carbocycles. The molecule has 0 aliphatic rings. The second kappa shape index (κ2) is 6.41. The molecule has 0 saturated heterocycles. The normalized spacial score (nSPS) is 9.93. The van der Waals surface area contributed by atoms with Crippen molar-refractivity contribution in [2.45, 2.75) is 19.3 Å². The zero-order valence-corrected chi connectivity index (χ0v) is 9.46. The molecule has 1 nitrogen and oxygen atoms in total. The molecule has 1 aromatic rings. The van der Waals surface area contributed by atoms with Crippen LogP contribution in [0.5, 0.6) is 0 Å². The second-order valence-electron chi connectivity index (χ2n) is 3.49. The summed E-state index contributed by atoms with van der Waals surface area (Å²) in [5.41, 5.74) is 2.42. The topological polar surface area (TPSA) is 17.1 Å². The molecule has 0 radical (unpaired) electrons. The maximum absolute atomic E-state index is 11.0. The summed E-state index contributed by atoms with van der Waals surface area (Å²) in [4.78, 5) is 11.0. The van der Waals surface area contributed by atoms with Gasteiger partial charge in [-0.2, -0.15) is 0 Å². The largest absolute Gasteiger partial charge is 0.298 e. The molecule has 80 valence electrons. The van der Waals surface area contributed by atoms with Gasteiger partial charge in [0.1, 0.15) is 5.78 Å². The lowest BCUT2D eigenvalue weighted by atomic mass is 10.0. The number of allylic oxidation sites excluding steroid dienone is 1. The molecule has 0 amide bonds. The smallest absolute Gasteiger partial charge is 0.147 e. The average molecular weight is 223 g/mol. The van der Waals surface area contributed by atoms with Crippen LogP contribution in [0.25, 0.3) is 0 Å². The first-order valence-corrected chi connectivity index (χ1v) is 5.56. The van der Waals surface area contributed by atoms with Gasteiger partial charge in [-0.15, -0.1) is 18.2 Å². The van der Waals surface area contributed by atoms with Crippen LogP contribution in [0.1, 0.15) is 17.5 Å². The third kappa shape index (κ3) is 4.30. The quantitative estimate of drug-likeness (QED) is 0.534. The fraction of sp³-hybridized carbons (Fsp3) is 0.308. The van der Waals surface area contributed by atoms with Crippen molar-refractivity contribution in [3.05, 3.63) is 48.0 Å². The SMILES string of the molecule is C=CCc1cccc(CCC(=O)CCl)c1. The van der Waals surface area contributed by atoms with E-state index in [1.807, 2.05) is 18.2 Å². The Kier molecular flexibility index (Phi) is 5.13. The van der Waals surface area contributed by atoms with Gasteiger partial charge in [-0.05, 0) is 24.0 Å². The van der Waals surface area contributed by atoms with E-state index >= 15 is 0 Å². The first-order valence-electron chi connectivity index (χ1n) is 5.02. The fourth-order valence-corrected chi connectivity index (χ4v) is 1.56. The standard InChI is InChI=1S/C13H15ClO/c1-2-4-11-5-3-6-12(9-11)7-8-13(15)10-14/h2-3,5-6,9H,1,4,7-8,10H2. The predicted molar refractivity (Wildman–Crippen MR) is 64.4 cm³/mol. The Morgan fingerprint density at radius 2 is 2.13 bits per heavy atom. The lowest BCUT2D eigenvalue weighted by Gasteiger charge is -2.02. The Labute approximate surface area is 95.8 Å². The Bertz CT molecular complexity index is 344. The molecular formula is C13H15ClO. The summed E-state index contributed by atoms with van der Waals surface area (Å²) in [6.45, 7) is 3.70. The van der Waals surface area contributed by atoms with Crippen LogP contribution in [0.3, 0.4) is 0 Å². The zero-order valence-electron chi connectivity index (χ0n) is 8.71. The molecule has 15 heavy (non-hydrogen) atoms. The van der Waals surface area contributed by atoms with Crippen molar-refractivity contribution in [2.75, 3.05) is 5.88 Å². The average Bonchev–Trinajstić information content (AvgIpc) is 2.27. The van der Waals surface area contributed by atoms with Crippen LogP contribution < -0.4 is 0 Å². The molecule has 0 N–H and O–H groups in total. The molecule has 0 aliphatic heterocycles. The molecule has 2 heteroatoms. The Morgan fingerprint density at radius 3 is 2.80 bits per heavy atom. The van der Waals surface area contributed by atoms with Crippen LogP contribution in [0.15, 0.2) is 36.9 Å². The van der Waals surface area contributed by atoms with Crippen molar-refractivity contribution in [3.8, 4) is 0 Å². The van der Waals surface area contributed by atoms with E-state index in [0.717, 1.165) is 12.8 Å². The number of alkyl halides is 1. The maximum atomic E-state index is 11.0. The summed E-state index contributed by atoms with van der Waals surface area (Å²) >= 11 is 5.44. The van der Waals surface area contributed by atoms with E-state index in [-0.39, 0.29) is 11.7 Å². The summed E-state index contributed by atoms with van der Waals surface area (Å²) in [7, 11) is 0. The number of aryl methyl sites for hydroxylation is 1. The molecule has 0 atom stereocenters. The van der Waals surface area contributed by atoms with E-state index in [4.69, 9.17) is 11.6 Å². The number of halogens is 1. The molecule has 0 aliphatic carbocycles. The summed E-state index contributed by atoms with van der Waals surface area (Å²) < 4.78 is 0. The van der Waals surface area contributed by atoms with Gasteiger partial charge >= 0.3 is 0 Å². The van der Waals surface area contributed by atoms with Gasteiger partial charge in [-0.3, -0.25) is 4.79 Å². The lowest BCUT2D eigenvalue weighted by molar-refractivity contribution is -0.116. The van der Waals surface area contributed by atoms with E-state index in [1.54, 1.807) is 0 Å². The zero-order chi connectivity index (χ0) is 11.1. The molecular weight excluding hydrogens is 208 g/mol. The van der Waals surface area contributed by atoms with Gasteiger partial charge in [0.2, 0.25) is 0 Å². The van der Waals surface area contributed by atoms with Crippen molar-refractivity contribution in [1.82, 2.24) is 0 Å². The molecule has 0 spiro atoms. The maximum Gasteiger partial charge on any atom is 0.147 e. The highest BCUT2D eigenvalue weighted by Crippen LogP contribution is 2.09. The van der Waals surface area contributed by atoms with Gasteiger partial charge in [0.15, 0.2) is 0 Å². The number of carbonyl (C=O) groups excluding carboxylic acids is 1. The van der Waals surface area contributed by atoms with Gasteiger partial charge in [0, 0.05) is 6.42 Å². The number of ketones is 1. The van der Waals surface area contributed by atoms with E-state index in [2.05, 4.69) is 18.7 Å². The molecule has 1 aromatic carbocycles. The predicted octanol–water partition coefficient (Wildman–Crippen LogP) is 3.16. The first kappa shape index (κ1) is 12.0. The van der Waals surface area contributed by atoms with Gasteiger partial charge in [0.25, 0.3) is 0 Å². The second-order valence-corrected chi connectivity index (χ2v) is 3.75. The highest BCUT2D eigenvalue weighted by molar-refractivity contribution is 6.27. The number of rotatable bonds is 6. The summed E-state index contributed by atoms with van der Waals surface area (Å²) in [5, 5.41) is 0. The molecule has 0 unspecified atom stereocenters. The van der Waals surface area contributed by atoms with Crippen LogP contribution in [-0.4, -0.2) is 11.7 Å². The molecule has 0 bridgehead atoms. The van der Waals surface area contributed by atoms with E-state index in [9.17, 15) is 4.79 Å². The van der Waals surface area contributed by atoms with E-state index < -0.39 is 0 Å². The summed E-state index contributed by atoms with van der Waals surface area (Å²) in [5.74, 6) is 0.220. The minimum atomic E-state index is 0.103. The van der Waals surface area contributed by atoms with Crippen molar-refractivity contribution in [2.24, 2.45) is 0 Å². The monoisotopic (exact) mass is 222 g/mol. The number of benzene rings is 1. The highest BCUT2D eigenvalue weighted by atomic mass is 35.5. The first-order chi connectivity index (χ1) is 7.26. The van der Waals surface area contributed by atoms with Crippen LogP contribution in [-0.2, 0) is 17.6 Å². The number of Topliss-reactive ketones (excluding diaryl/α,β-unsaturated/α-hetero) is 1. The summed E-state index contributed by atoms with van der Waals surface area (Å²) in [6.07, 6.45) is 4.05. The Hall–Kier alpha value is -1.08. The Balaban J connectivity index is 2.57. The van der Waals surface area contributed by atoms with Crippen LogP contribution in [0.2, 0.25) is 0 Å². The lowest BCUT2D eigenvalue weighted by Crippen LogP contribution is -2.01. The summed E-state index contributed by atoms with van der Waals surface area (Å²) in [6, 6.07) is 8.23. The highest BCUT2D eigenvalue weighted by Gasteiger charge is 2.01. The fourth-order valence-electron chi connectivity index (χ4n) is 1.43. The van der Waals surface area contributed by atoms with Crippen LogP contribution >= 0.6 is 11.6 Å². The third-order valence-corrected chi connectivity index (χ3v) is 2.51. The minimum Gasteiger partial charge on any atom is -0.298 e. The molecule has 0 heterocycles. The van der Waals surface area contributed by atoms with Gasteiger partial charge in [0.05, 0.1) is 5.88 Å². The molecule has 1 rings (SSSR count). The van der Waals surface area contributed by atoms with Crippen molar-refractivity contribution < 1.29 is 4.79 Å². The van der Waals surface area contributed by atoms with Crippen molar-refractivity contribution in [1.29, 1.82) is 0 Å². The minimum absolute atomic E-state index is 0.103. The number of hydrogen-bond donors (Lipinski definition) is 0. The van der Waals surface area contributed by atoms with Crippen LogP contribution in [0, 0.1) is 0 Å². The Morgan fingerprint density at radius 1 is 1.40 bits per heavy atom. The third-order valence-electron chi connectivity index (χ3n) is 2.21. The van der Waals surface area contributed by atoms with E-state index in [1.165, 1.54) is 11.1 Å². The van der Waals surface area contributed by atoms with Gasteiger partial charge < -0.3 is 0 Å². The van der Waals surface area contributed by atoms with Gasteiger partial charge in [-0.25, -0.2) is 0 Å². The van der Waals surface area contributed by atoms with Crippen molar-refractivity contribution >= 4 is 17.4 Å². The van der Waals surface area contributed by atoms with Crippen LogP contribution in [0.4, 0.5) is 0 Å². The van der Waals surface area contributed by atoms with Gasteiger partial charge in [-0.1, -0.05) is 30.3 Å².